The van der Waals surface area contributed by atoms with Gasteiger partial charge >= 0.3 is 0 Å². The molecular formula is C9H19N3OS. The van der Waals surface area contributed by atoms with Gasteiger partial charge in [0.1, 0.15) is 0 Å². The van der Waals surface area contributed by atoms with Crippen molar-refractivity contribution in [3.05, 3.63) is 0 Å². The fraction of sp³-hybridized carbons (Fsp3) is 0.778. The van der Waals surface area contributed by atoms with Crippen LogP contribution < -0.4 is 5.73 Å². The van der Waals surface area contributed by atoms with E-state index >= 15 is 0 Å². The van der Waals surface area contributed by atoms with Gasteiger partial charge in [0.25, 0.3) is 0 Å². The topological polar surface area (TPSA) is 49.6 Å². The Hall–Kier alpha value is -0.680. The second kappa shape index (κ2) is 6.73. The van der Waals surface area contributed by atoms with Crippen molar-refractivity contribution in [2.45, 2.75) is 12.8 Å². The van der Waals surface area contributed by atoms with E-state index in [-0.39, 0.29) is 17.3 Å². The van der Waals surface area contributed by atoms with Crippen molar-refractivity contribution in [3.63, 3.8) is 0 Å². The van der Waals surface area contributed by atoms with E-state index in [0.717, 1.165) is 19.5 Å². The molecule has 0 saturated carbocycles. The summed E-state index contributed by atoms with van der Waals surface area (Å²) in [6, 6.07) is 0. The summed E-state index contributed by atoms with van der Waals surface area (Å²) in [6.07, 6.45) is 1.14. The number of amides is 1. The number of hydrogen-bond donors (Lipinski definition) is 1. The minimum atomic E-state index is -0.00347. The lowest BCUT2D eigenvalue weighted by Gasteiger charge is -2.18. The van der Waals surface area contributed by atoms with Gasteiger partial charge in [-0.05, 0) is 27.1 Å². The van der Waals surface area contributed by atoms with Crippen molar-refractivity contribution in [1.29, 1.82) is 0 Å². The zero-order valence-electron chi connectivity index (χ0n) is 9.12. The first kappa shape index (κ1) is 13.3. The first-order valence-corrected chi connectivity index (χ1v) is 5.01. The standard InChI is InChI=1S/C9H19N3OS/c1-11(2)5-4-6-12(3)9(13)7-8(10)14/h4-7H2,1-3H3,(H2,10,14). The summed E-state index contributed by atoms with van der Waals surface area (Å²) in [5, 5.41) is 0. The largest absolute Gasteiger partial charge is 0.393 e. The zero-order valence-corrected chi connectivity index (χ0v) is 9.93. The Bertz CT molecular complexity index is 206. The summed E-state index contributed by atoms with van der Waals surface area (Å²) in [4.78, 5) is 15.4. The Balaban J connectivity index is 3.67. The second-order valence-electron chi connectivity index (χ2n) is 3.62. The van der Waals surface area contributed by atoms with Gasteiger partial charge in [0.05, 0.1) is 11.4 Å². The predicted molar refractivity (Wildman–Crippen MR) is 62.2 cm³/mol. The molecule has 0 atom stereocenters. The smallest absolute Gasteiger partial charge is 0.229 e. The average Bonchev–Trinajstić information content (AvgIpc) is 2.01. The Morgan fingerprint density at radius 3 is 2.29 bits per heavy atom. The van der Waals surface area contributed by atoms with Crippen LogP contribution in [0.5, 0.6) is 0 Å². The minimum Gasteiger partial charge on any atom is -0.393 e. The van der Waals surface area contributed by atoms with Gasteiger partial charge in [-0.1, -0.05) is 12.2 Å². The molecule has 0 spiro atoms. The SMILES string of the molecule is CN(C)CCCN(C)C(=O)CC(N)=S. The molecular weight excluding hydrogens is 198 g/mol. The summed E-state index contributed by atoms with van der Waals surface area (Å²) < 4.78 is 0. The van der Waals surface area contributed by atoms with Crippen LogP contribution in [0, 0.1) is 0 Å². The van der Waals surface area contributed by atoms with Gasteiger partial charge in [-0.2, -0.15) is 0 Å². The summed E-state index contributed by atoms with van der Waals surface area (Å²) in [5.41, 5.74) is 5.28. The van der Waals surface area contributed by atoms with E-state index in [0.29, 0.717) is 0 Å². The van der Waals surface area contributed by atoms with E-state index in [9.17, 15) is 4.79 Å². The predicted octanol–water partition coefficient (Wildman–Crippen LogP) is 0.0727. The third-order valence-electron chi connectivity index (χ3n) is 1.85. The van der Waals surface area contributed by atoms with E-state index in [1.807, 2.05) is 14.1 Å². The molecule has 0 aliphatic heterocycles. The molecule has 1 amide bonds. The molecule has 0 bridgehead atoms. The Morgan fingerprint density at radius 2 is 1.86 bits per heavy atom. The van der Waals surface area contributed by atoms with Crippen LogP contribution in [0.3, 0.4) is 0 Å². The van der Waals surface area contributed by atoms with E-state index in [1.54, 1.807) is 11.9 Å². The molecule has 0 radical (unpaired) electrons. The van der Waals surface area contributed by atoms with Crippen molar-refractivity contribution >= 4 is 23.1 Å². The molecule has 14 heavy (non-hydrogen) atoms. The first-order valence-electron chi connectivity index (χ1n) is 4.60. The average molecular weight is 217 g/mol. The van der Waals surface area contributed by atoms with Gasteiger partial charge in [0, 0.05) is 13.6 Å². The highest BCUT2D eigenvalue weighted by Gasteiger charge is 2.08. The van der Waals surface area contributed by atoms with E-state index < -0.39 is 0 Å². The van der Waals surface area contributed by atoms with Gasteiger partial charge in [0.15, 0.2) is 0 Å². The molecule has 82 valence electrons. The normalized spacial score (nSPS) is 10.3. The molecule has 4 nitrogen and oxygen atoms in total. The Kier molecular flexibility index (Phi) is 6.40. The quantitative estimate of drug-likeness (QED) is 0.640. The number of thiocarbonyl (C=S) groups is 1. The summed E-state index contributed by atoms with van der Waals surface area (Å²) >= 11 is 4.67. The number of carbonyl (C=O) groups is 1. The van der Waals surface area contributed by atoms with E-state index in [4.69, 9.17) is 5.73 Å². The third kappa shape index (κ3) is 6.80. The molecule has 0 aromatic heterocycles. The second-order valence-corrected chi connectivity index (χ2v) is 4.14. The summed E-state index contributed by atoms with van der Waals surface area (Å²) in [6.45, 7) is 1.73. The zero-order chi connectivity index (χ0) is 11.1. The molecule has 0 saturated heterocycles. The van der Waals surface area contributed by atoms with E-state index in [1.165, 1.54) is 0 Å². The van der Waals surface area contributed by atoms with Crippen molar-refractivity contribution in [3.8, 4) is 0 Å². The monoisotopic (exact) mass is 217 g/mol. The maximum atomic E-state index is 11.4. The number of hydrogen-bond acceptors (Lipinski definition) is 3. The number of carbonyl (C=O) groups excluding carboxylic acids is 1. The molecule has 2 N–H and O–H groups in total. The minimum absolute atomic E-state index is 0.00347. The molecule has 0 unspecified atom stereocenters. The van der Waals surface area contributed by atoms with Gasteiger partial charge < -0.3 is 15.5 Å². The maximum absolute atomic E-state index is 11.4. The molecule has 0 aromatic carbocycles. The van der Waals surface area contributed by atoms with Crippen molar-refractivity contribution in [2.24, 2.45) is 5.73 Å². The van der Waals surface area contributed by atoms with Crippen LogP contribution in [0.4, 0.5) is 0 Å². The molecule has 0 rings (SSSR count). The van der Waals surface area contributed by atoms with Crippen LogP contribution in [-0.4, -0.2) is 54.9 Å². The van der Waals surface area contributed by atoms with Crippen LogP contribution in [0.2, 0.25) is 0 Å². The lowest BCUT2D eigenvalue weighted by Crippen LogP contribution is -2.32. The molecule has 0 aliphatic rings. The maximum Gasteiger partial charge on any atom is 0.229 e. The molecule has 5 heteroatoms. The number of nitrogens with zero attached hydrogens (tertiary/aromatic N) is 2. The van der Waals surface area contributed by atoms with Crippen LogP contribution in [0.15, 0.2) is 0 Å². The highest BCUT2D eigenvalue weighted by molar-refractivity contribution is 7.80. The molecule has 0 aliphatic carbocycles. The van der Waals surface area contributed by atoms with Crippen LogP contribution in [-0.2, 0) is 4.79 Å². The fourth-order valence-electron chi connectivity index (χ4n) is 1.03. The number of rotatable bonds is 6. The Labute approximate surface area is 91.0 Å². The molecule has 0 aromatic rings. The van der Waals surface area contributed by atoms with Gasteiger partial charge in [-0.25, -0.2) is 0 Å². The van der Waals surface area contributed by atoms with Gasteiger partial charge in [-0.3, -0.25) is 4.79 Å². The fourth-order valence-corrected chi connectivity index (χ4v) is 1.16. The first-order chi connectivity index (χ1) is 6.43. The molecule has 0 heterocycles. The van der Waals surface area contributed by atoms with E-state index in [2.05, 4.69) is 17.1 Å². The van der Waals surface area contributed by atoms with Gasteiger partial charge in [-0.15, -0.1) is 0 Å². The highest BCUT2D eigenvalue weighted by Crippen LogP contribution is 1.94. The van der Waals surface area contributed by atoms with Crippen LogP contribution >= 0.6 is 12.2 Å². The highest BCUT2D eigenvalue weighted by atomic mass is 32.1. The van der Waals surface area contributed by atoms with Gasteiger partial charge in [0.2, 0.25) is 5.91 Å². The van der Waals surface area contributed by atoms with Crippen LogP contribution in [0.25, 0.3) is 0 Å². The summed E-state index contributed by atoms with van der Waals surface area (Å²) in [5.74, 6) is -0.00347. The lowest BCUT2D eigenvalue weighted by molar-refractivity contribution is -0.128. The van der Waals surface area contributed by atoms with Crippen molar-refractivity contribution < 1.29 is 4.79 Å². The third-order valence-corrected chi connectivity index (χ3v) is 1.99. The van der Waals surface area contributed by atoms with Crippen molar-refractivity contribution in [1.82, 2.24) is 9.80 Å². The Morgan fingerprint density at radius 1 is 1.29 bits per heavy atom. The number of nitrogens with two attached hydrogens (primary N) is 1. The summed E-state index contributed by atoms with van der Waals surface area (Å²) in [7, 11) is 5.80. The lowest BCUT2D eigenvalue weighted by atomic mass is 10.3. The van der Waals surface area contributed by atoms with Crippen LogP contribution in [0.1, 0.15) is 12.8 Å². The molecule has 0 fully saturated rings. The van der Waals surface area contributed by atoms with Crippen molar-refractivity contribution in [2.75, 3.05) is 34.2 Å².